The summed E-state index contributed by atoms with van der Waals surface area (Å²) in [5, 5.41) is 0. The molecule has 0 aliphatic carbocycles. The quantitative estimate of drug-likeness (QED) is 0.588. The number of methoxy groups -OCH3 is 1. The Kier molecular flexibility index (Phi) is 7.73. The minimum Gasteiger partial charge on any atom is -0.454 e. The van der Waals surface area contributed by atoms with Crippen molar-refractivity contribution in [1.29, 1.82) is 0 Å². The van der Waals surface area contributed by atoms with Gasteiger partial charge in [-0.3, -0.25) is 4.79 Å². The molecule has 31 heavy (non-hydrogen) atoms. The van der Waals surface area contributed by atoms with Gasteiger partial charge in [0.25, 0.3) is 0 Å². The zero-order valence-corrected chi connectivity index (χ0v) is 19.0. The van der Waals surface area contributed by atoms with Crippen LogP contribution in [0.25, 0.3) is 0 Å². The van der Waals surface area contributed by atoms with Gasteiger partial charge in [-0.2, -0.15) is 0 Å². The third kappa shape index (κ3) is 5.88. The van der Waals surface area contributed by atoms with Gasteiger partial charge in [0.2, 0.25) is 5.95 Å². The van der Waals surface area contributed by atoms with Gasteiger partial charge in [-0.15, -0.1) is 0 Å². The lowest BCUT2D eigenvalue weighted by Crippen LogP contribution is -2.53. The first-order valence-electron chi connectivity index (χ1n) is 10.8. The van der Waals surface area contributed by atoms with Crippen molar-refractivity contribution >= 4 is 17.7 Å². The van der Waals surface area contributed by atoms with Crippen LogP contribution in [0.5, 0.6) is 0 Å². The van der Waals surface area contributed by atoms with Crippen molar-refractivity contribution in [3.63, 3.8) is 0 Å². The van der Waals surface area contributed by atoms with Crippen LogP contribution in [-0.4, -0.2) is 58.7 Å². The van der Waals surface area contributed by atoms with Crippen LogP contribution in [0.15, 0.2) is 18.3 Å². The Bertz CT molecular complexity index is 893. The highest BCUT2D eigenvalue weighted by Gasteiger charge is 2.27. The predicted octanol–water partition coefficient (Wildman–Crippen LogP) is 2.84. The number of ether oxygens (including phenoxy) is 2. The Morgan fingerprint density at radius 3 is 2.81 bits per heavy atom. The highest BCUT2D eigenvalue weighted by atomic mass is 16.5. The lowest BCUT2D eigenvalue weighted by atomic mass is 10.2. The van der Waals surface area contributed by atoms with Crippen LogP contribution in [0.1, 0.15) is 56.9 Å². The second-order valence-corrected chi connectivity index (χ2v) is 7.88. The lowest BCUT2D eigenvalue weighted by Gasteiger charge is -2.40. The molecule has 0 bridgehead atoms. The second-order valence-electron chi connectivity index (χ2n) is 7.88. The summed E-state index contributed by atoms with van der Waals surface area (Å²) < 4.78 is 10.7. The molecule has 2 aromatic rings. The third-order valence-corrected chi connectivity index (χ3v) is 5.18. The minimum atomic E-state index is -0.476. The van der Waals surface area contributed by atoms with Gasteiger partial charge in [-0.05, 0) is 39.3 Å². The monoisotopic (exact) mass is 428 g/mol. The van der Waals surface area contributed by atoms with E-state index in [2.05, 4.69) is 36.7 Å². The van der Waals surface area contributed by atoms with Gasteiger partial charge in [0.05, 0.1) is 12.3 Å². The van der Waals surface area contributed by atoms with Crippen LogP contribution in [0.2, 0.25) is 0 Å². The standard InChI is InChI=1S/C22H32N6O3/c1-6-7-20(29)31-17(4)21-23-9-8-19(26-21)28-11-10-27(13-16(28)3)22-24-15(2)12-18(25-22)14-30-5/h8-9,12,16-17H,6-7,10-11,13-14H2,1-5H3/t16-,17-/m1/s1. The summed E-state index contributed by atoms with van der Waals surface area (Å²) in [6, 6.07) is 4.05. The van der Waals surface area contributed by atoms with E-state index in [1.165, 1.54) is 0 Å². The van der Waals surface area contributed by atoms with Gasteiger partial charge >= 0.3 is 5.97 Å². The summed E-state index contributed by atoms with van der Waals surface area (Å²) in [5.41, 5.74) is 1.81. The molecule has 0 spiro atoms. The Morgan fingerprint density at radius 1 is 1.29 bits per heavy atom. The smallest absolute Gasteiger partial charge is 0.306 e. The van der Waals surface area contributed by atoms with Crippen LogP contribution in [0.3, 0.4) is 0 Å². The van der Waals surface area contributed by atoms with Gasteiger partial charge in [0, 0.05) is 51.1 Å². The summed E-state index contributed by atoms with van der Waals surface area (Å²) in [7, 11) is 1.67. The third-order valence-electron chi connectivity index (χ3n) is 5.18. The number of hydrogen-bond donors (Lipinski definition) is 0. The maximum Gasteiger partial charge on any atom is 0.306 e. The van der Waals surface area contributed by atoms with Crippen molar-refractivity contribution in [3.05, 3.63) is 35.5 Å². The van der Waals surface area contributed by atoms with Crippen LogP contribution < -0.4 is 9.80 Å². The average Bonchev–Trinajstić information content (AvgIpc) is 2.73. The number of aryl methyl sites for hydroxylation is 1. The predicted molar refractivity (Wildman–Crippen MR) is 118 cm³/mol. The fourth-order valence-electron chi connectivity index (χ4n) is 3.69. The Morgan fingerprint density at radius 2 is 2.10 bits per heavy atom. The van der Waals surface area contributed by atoms with E-state index >= 15 is 0 Å². The van der Waals surface area contributed by atoms with E-state index in [1.54, 1.807) is 20.2 Å². The summed E-state index contributed by atoms with van der Waals surface area (Å²) in [5.74, 6) is 1.86. The molecule has 0 radical (unpaired) electrons. The molecule has 168 valence electrons. The molecular formula is C22H32N6O3. The first-order valence-corrected chi connectivity index (χ1v) is 10.8. The van der Waals surface area contributed by atoms with E-state index in [4.69, 9.17) is 9.47 Å². The number of aromatic nitrogens is 4. The van der Waals surface area contributed by atoms with Crippen molar-refractivity contribution in [2.45, 2.75) is 59.3 Å². The molecule has 9 heteroatoms. The molecule has 1 aliphatic heterocycles. The molecule has 0 amide bonds. The Balaban J connectivity index is 1.69. The van der Waals surface area contributed by atoms with E-state index < -0.39 is 6.10 Å². The number of esters is 1. The second kappa shape index (κ2) is 10.5. The molecule has 3 heterocycles. The maximum atomic E-state index is 11.8. The molecular weight excluding hydrogens is 396 g/mol. The topological polar surface area (TPSA) is 93.6 Å². The maximum absolute atomic E-state index is 11.8. The lowest BCUT2D eigenvalue weighted by molar-refractivity contribution is -0.149. The van der Waals surface area contributed by atoms with Crippen molar-refractivity contribution < 1.29 is 14.3 Å². The number of rotatable bonds is 8. The molecule has 0 unspecified atom stereocenters. The Labute approximate surface area is 183 Å². The van der Waals surface area contributed by atoms with E-state index in [9.17, 15) is 4.79 Å². The van der Waals surface area contributed by atoms with Gasteiger partial charge in [-0.1, -0.05) is 6.92 Å². The highest BCUT2D eigenvalue weighted by molar-refractivity contribution is 5.69. The summed E-state index contributed by atoms with van der Waals surface area (Å²) in [6.07, 6.45) is 2.40. The van der Waals surface area contributed by atoms with Crippen molar-refractivity contribution in [2.24, 2.45) is 0 Å². The van der Waals surface area contributed by atoms with Gasteiger partial charge in [0.1, 0.15) is 5.82 Å². The van der Waals surface area contributed by atoms with E-state index in [1.807, 2.05) is 26.0 Å². The number of nitrogens with zero attached hydrogens (tertiary/aromatic N) is 6. The molecule has 9 nitrogen and oxygen atoms in total. The summed E-state index contributed by atoms with van der Waals surface area (Å²) >= 11 is 0. The average molecular weight is 429 g/mol. The molecule has 2 aromatic heterocycles. The largest absolute Gasteiger partial charge is 0.454 e. The van der Waals surface area contributed by atoms with Crippen molar-refractivity contribution in [3.8, 4) is 0 Å². The number of carbonyl (C=O) groups is 1. The van der Waals surface area contributed by atoms with Crippen molar-refractivity contribution in [1.82, 2.24) is 19.9 Å². The van der Waals surface area contributed by atoms with E-state index in [-0.39, 0.29) is 12.0 Å². The fraction of sp³-hybridized carbons (Fsp3) is 0.591. The van der Waals surface area contributed by atoms with Crippen LogP contribution >= 0.6 is 0 Å². The van der Waals surface area contributed by atoms with Crippen molar-refractivity contribution in [2.75, 3.05) is 36.5 Å². The zero-order valence-electron chi connectivity index (χ0n) is 19.0. The number of piperazine rings is 1. The molecule has 3 rings (SSSR count). The van der Waals surface area contributed by atoms with Crippen LogP contribution in [0.4, 0.5) is 11.8 Å². The molecule has 1 saturated heterocycles. The molecule has 2 atom stereocenters. The molecule has 1 aliphatic rings. The molecule has 0 N–H and O–H groups in total. The fourth-order valence-corrected chi connectivity index (χ4v) is 3.69. The van der Waals surface area contributed by atoms with Gasteiger partial charge in [0.15, 0.2) is 11.9 Å². The zero-order chi connectivity index (χ0) is 22.4. The number of carbonyl (C=O) groups excluding carboxylic acids is 1. The molecule has 1 fully saturated rings. The number of anilines is 2. The summed E-state index contributed by atoms with van der Waals surface area (Å²) in [6.45, 7) is 10.7. The normalized spacial score (nSPS) is 17.5. The van der Waals surface area contributed by atoms with Crippen LogP contribution in [0, 0.1) is 6.92 Å². The van der Waals surface area contributed by atoms with Gasteiger partial charge < -0.3 is 19.3 Å². The van der Waals surface area contributed by atoms with E-state index in [0.29, 0.717) is 18.9 Å². The molecule has 0 saturated carbocycles. The first-order chi connectivity index (χ1) is 14.9. The van der Waals surface area contributed by atoms with Crippen LogP contribution in [-0.2, 0) is 20.9 Å². The SMILES string of the molecule is CCCC(=O)O[C@H](C)c1nccc(N2CCN(c3nc(C)cc(COC)n3)C[C@H]2C)n1. The molecule has 0 aromatic carbocycles. The minimum absolute atomic E-state index is 0.199. The highest BCUT2D eigenvalue weighted by Crippen LogP contribution is 2.23. The van der Waals surface area contributed by atoms with Gasteiger partial charge in [-0.25, -0.2) is 19.9 Å². The number of hydrogen-bond acceptors (Lipinski definition) is 9. The van der Waals surface area contributed by atoms with E-state index in [0.717, 1.165) is 49.2 Å². The summed E-state index contributed by atoms with van der Waals surface area (Å²) in [4.78, 5) is 34.5. The first kappa shape index (κ1) is 22.9. The Hall–Kier alpha value is -2.81.